The van der Waals surface area contributed by atoms with E-state index in [4.69, 9.17) is 32.9 Å². The minimum Gasteiger partial charge on any atom is -0.494 e. The molecule has 0 aliphatic rings. The number of rotatable bonds is 7. The number of ether oxygens (including phenoxy) is 1. The van der Waals surface area contributed by atoms with Crippen LogP contribution in [0.3, 0.4) is 0 Å². The van der Waals surface area contributed by atoms with E-state index in [1.165, 1.54) is 0 Å². The van der Waals surface area contributed by atoms with Gasteiger partial charge in [-0.1, -0.05) is 60.8 Å². The Labute approximate surface area is 197 Å². The Hall–Kier alpha value is -3.08. The highest BCUT2D eigenvalue weighted by molar-refractivity contribution is 6.42. The SMILES string of the molecule is CCCCOc1ccc(NC(=O)c2cc(-c3ccc(Cl)c(Cl)c3)nc3ccccc23)cc1. The highest BCUT2D eigenvalue weighted by atomic mass is 35.5. The summed E-state index contributed by atoms with van der Waals surface area (Å²) in [7, 11) is 0. The van der Waals surface area contributed by atoms with E-state index in [1.54, 1.807) is 18.2 Å². The average Bonchev–Trinajstić information content (AvgIpc) is 2.81. The third-order valence-electron chi connectivity index (χ3n) is 5.05. The fourth-order valence-corrected chi connectivity index (χ4v) is 3.63. The number of unbranched alkanes of at least 4 members (excludes halogenated alkanes) is 1. The molecule has 0 saturated carbocycles. The van der Waals surface area contributed by atoms with Crippen molar-refractivity contribution in [2.24, 2.45) is 0 Å². The number of carbonyl (C=O) groups excluding carboxylic acids is 1. The number of fused-ring (bicyclic) bond motifs is 1. The molecule has 1 N–H and O–H groups in total. The summed E-state index contributed by atoms with van der Waals surface area (Å²) in [6.45, 7) is 2.81. The Kier molecular flexibility index (Phi) is 6.93. The van der Waals surface area contributed by atoms with E-state index in [0.29, 0.717) is 33.6 Å². The largest absolute Gasteiger partial charge is 0.494 e. The zero-order valence-corrected chi connectivity index (χ0v) is 19.1. The van der Waals surface area contributed by atoms with Crippen molar-refractivity contribution in [2.45, 2.75) is 19.8 Å². The van der Waals surface area contributed by atoms with Crippen LogP contribution in [0.2, 0.25) is 10.0 Å². The molecule has 0 aliphatic carbocycles. The second kappa shape index (κ2) is 10.0. The number of nitrogens with one attached hydrogen (secondary N) is 1. The first-order valence-corrected chi connectivity index (χ1v) is 11.2. The second-order valence-corrected chi connectivity index (χ2v) is 8.20. The monoisotopic (exact) mass is 464 g/mol. The molecule has 0 unspecified atom stereocenters. The molecule has 4 aromatic rings. The minimum atomic E-state index is -0.218. The minimum absolute atomic E-state index is 0.218. The van der Waals surface area contributed by atoms with Crippen LogP contribution >= 0.6 is 23.2 Å². The molecule has 0 aliphatic heterocycles. The van der Waals surface area contributed by atoms with Crippen molar-refractivity contribution >= 4 is 45.7 Å². The van der Waals surface area contributed by atoms with E-state index in [-0.39, 0.29) is 5.91 Å². The molecule has 0 spiro atoms. The van der Waals surface area contributed by atoms with Crippen LogP contribution in [0.4, 0.5) is 5.69 Å². The highest BCUT2D eigenvalue weighted by Gasteiger charge is 2.15. The number of hydrogen-bond acceptors (Lipinski definition) is 3. The number of pyridine rings is 1. The van der Waals surface area contributed by atoms with Crippen LogP contribution in [0.5, 0.6) is 5.75 Å². The van der Waals surface area contributed by atoms with E-state index >= 15 is 0 Å². The van der Waals surface area contributed by atoms with Crippen molar-refractivity contribution in [2.75, 3.05) is 11.9 Å². The van der Waals surface area contributed by atoms with Crippen molar-refractivity contribution in [3.05, 3.63) is 88.4 Å². The van der Waals surface area contributed by atoms with E-state index in [1.807, 2.05) is 54.6 Å². The fourth-order valence-electron chi connectivity index (χ4n) is 3.33. The maximum absolute atomic E-state index is 13.2. The molecule has 1 heterocycles. The molecular formula is C26H22Cl2N2O2. The number of anilines is 1. The number of aromatic nitrogens is 1. The number of carbonyl (C=O) groups is 1. The Morgan fingerprint density at radius 2 is 1.75 bits per heavy atom. The predicted octanol–water partition coefficient (Wildman–Crippen LogP) is 7.64. The zero-order valence-electron chi connectivity index (χ0n) is 17.6. The molecule has 162 valence electrons. The van der Waals surface area contributed by atoms with Crippen molar-refractivity contribution in [3.63, 3.8) is 0 Å². The Morgan fingerprint density at radius 3 is 2.50 bits per heavy atom. The van der Waals surface area contributed by atoms with Gasteiger partial charge in [0.15, 0.2) is 0 Å². The molecule has 6 heteroatoms. The van der Waals surface area contributed by atoms with Crippen LogP contribution in [-0.2, 0) is 0 Å². The Balaban J connectivity index is 1.64. The van der Waals surface area contributed by atoms with Crippen molar-refractivity contribution in [1.82, 2.24) is 4.98 Å². The third-order valence-corrected chi connectivity index (χ3v) is 5.79. The number of benzene rings is 3. The molecule has 3 aromatic carbocycles. The molecule has 1 amide bonds. The predicted molar refractivity (Wildman–Crippen MR) is 132 cm³/mol. The lowest BCUT2D eigenvalue weighted by Gasteiger charge is -2.12. The Bertz CT molecular complexity index is 1260. The second-order valence-electron chi connectivity index (χ2n) is 7.38. The van der Waals surface area contributed by atoms with Crippen LogP contribution in [0, 0.1) is 0 Å². The van der Waals surface area contributed by atoms with Gasteiger partial charge in [0, 0.05) is 16.6 Å². The van der Waals surface area contributed by atoms with Gasteiger partial charge in [-0.3, -0.25) is 4.79 Å². The summed E-state index contributed by atoms with van der Waals surface area (Å²) in [5.41, 5.74) is 3.37. The molecule has 0 fully saturated rings. The lowest BCUT2D eigenvalue weighted by Crippen LogP contribution is -2.13. The van der Waals surface area contributed by atoms with E-state index in [9.17, 15) is 4.79 Å². The van der Waals surface area contributed by atoms with E-state index in [2.05, 4.69) is 12.2 Å². The summed E-state index contributed by atoms with van der Waals surface area (Å²) >= 11 is 12.3. The number of halogens is 2. The van der Waals surface area contributed by atoms with Gasteiger partial charge in [0.05, 0.1) is 33.4 Å². The van der Waals surface area contributed by atoms with Crippen LogP contribution < -0.4 is 10.1 Å². The lowest BCUT2D eigenvalue weighted by molar-refractivity contribution is 0.102. The maximum atomic E-state index is 13.2. The van der Waals surface area contributed by atoms with Gasteiger partial charge < -0.3 is 10.1 Å². The smallest absolute Gasteiger partial charge is 0.256 e. The van der Waals surface area contributed by atoms with Gasteiger partial charge in [-0.15, -0.1) is 0 Å². The van der Waals surface area contributed by atoms with Crippen molar-refractivity contribution < 1.29 is 9.53 Å². The fraction of sp³-hybridized carbons (Fsp3) is 0.154. The number of hydrogen-bond donors (Lipinski definition) is 1. The molecule has 0 atom stereocenters. The maximum Gasteiger partial charge on any atom is 0.256 e. The molecule has 32 heavy (non-hydrogen) atoms. The summed E-state index contributed by atoms with van der Waals surface area (Å²) in [5, 5.41) is 4.65. The first kappa shape index (κ1) is 22.1. The van der Waals surface area contributed by atoms with Crippen molar-refractivity contribution in [1.29, 1.82) is 0 Å². The summed E-state index contributed by atoms with van der Waals surface area (Å²) in [4.78, 5) is 17.9. The normalized spacial score (nSPS) is 10.8. The molecule has 0 radical (unpaired) electrons. The highest BCUT2D eigenvalue weighted by Crippen LogP contribution is 2.30. The summed E-state index contributed by atoms with van der Waals surface area (Å²) in [6, 6.07) is 22.0. The first-order chi connectivity index (χ1) is 15.5. The summed E-state index contributed by atoms with van der Waals surface area (Å²) < 4.78 is 5.69. The molecule has 4 rings (SSSR count). The summed E-state index contributed by atoms with van der Waals surface area (Å²) in [5.74, 6) is 0.567. The topological polar surface area (TPSA) is 51.2 Å². The molecule has 1 aromatic heterocycles. The van der Waals surface area contributed by atoms with Gasteiger partial charge in [-0.25, -0.2) is 4.98 Å². The molecule has 0 bridgehead atoms. The van der Waals surface area contributed by atoms with E-state index < -0.39 is 0 Å². The molecule has 4 nitrogen and oxygen atoms in total. The van der Waals surface area contributed by atoms with Crippen molar-refractivity contribution in [3.8, 4) is 17.0 Å². The van der Waals surface area contributed by atoms with Crippen LogP contribution in [-0.4, -0.2) is 17.5 Å². The van der Waals surface area contributed by atoms with Gasteiger partial charge in [0.2, 0.25) is 0 Å². The van der Waals surface area contributed by atoms with Gasteiger partial charge in [0.1, 0.15) is 5.75 Å². The van der Waals surface area contributed by atoms with Gasteiger partial charge in [0.25, 0.3) is 5.91 Å². The zero-order chi connectivity index (χ0) is 22.5. The van der Waals surface area contributed by atoms with Crippen LogP contribution in [0.25, 0.3) is 22.2 Å². The van der Waals surface area contributed by atoms with Gasteiger partial charge in [-0.05, 0) is 55.0 Å². The molecule has 0 saturated heterocycles. The first-order valence-electron chi connectivity index (χ1n) is 10.4. The van der Waals surface area contributed by atoms with E-state index in [0.717, 1.165) is 35.1 Å². The van der Waals surface area contributed by atoms with Gasteiger partial charge >= 0.3 is 0 Å². The standard InChI is InChI=1S/C26H22Cl2N2O2/c1-2-3-14-32-19-11-9-18(10-12-19)29-26(31)21-16-25(17-8-13-22(27)23(28)15-17)30-24-7-5-4-6-20(21)24/h4-13,15-16H,2-3,14H2,1H3,(H,29,31). The quantitative estimate of drug-likeness (QED) is 0.285. The number of nitrogens with zero attached hydrogens (tertiary/aromatic N) is 1. The van der Waals surface area contributed by atoms with Crippen LogP contribution in [0.15, 0.2) is 72.8 Å². The van der Waals surface area contributed by atoms with Crippen LogP contribution in [0.1, 0.15) is 30.1 Å². The summed E-state index contributed by atoms with van der Waals surface area (Å²) in [6.07, 6.45) is 2.09. The van der Waals surface area contributed by atoms with Gasteiger partial charge in [-0.2, -0.15) is 0 Å². The number of amides is 1. The molecular weight excluding hydrogens is 443 g/mol. The number of para-hydroxylation sites is 1. The third kappa shape index (κ3) is 5.04. The Morgan fingerprint density at radius 1 is 0.969 bits per heavy atom. The lowest BCUT2D eigenvalue weighted by atomic mass is 10.0. The average molecular weight is 465 g/mol.